The van der Waals surface area contributed by atoms with Crippen LogP contribution in [-0.2, 0) is 4.79 Å². The van der Waals surface area contributed by atoms with Crippen LogP contribution in [0.2, 0.25) is 0 Å². The molecule has 2 amide bonds. The lowest BCUT2D eigenvalue weighted by Gasteiger charge is -2.12. The number of amides is 2. The summed E-state index contributed by atoms with van der Waals surface area (Å²) in [5.74, 6) is 0.254. The summed E-state index contributed by atoms with van der Waals surface area (Å²) in [5.41, 5.74) is 1.21. The van der Waals surface area contributed by atoms with Crippen LogP contribution in [0.5, 0.6) is 5.75 Å². The van der Waals surface area contributed by atoms with E-state index in [1.54, 1.807) is 50.5 Å². The summed E-state index contributed by atoms with van der Waals surface area (Å²) in [5, 5.41) is 2.81. The number of nitrogens with zero attached hydrogens (tertiary/aromatic N) is 1. The molecule has 120 valence electrons. The van der Waals surface area contributed by atoms with Crippen molar-refractivity contribution in [1.29, 1.82) is 0 Å². The number of carbonyl (C=O) groups is 2. The molecule has 2 rings (SSSR count). The molecular weight excluding hydrogens is 360 g/mol. The van der Waals surface area contributed by atoms with Gasteiger partial charge in [-0.25, -0.2) is 0 Å². The predicted molar refractivity (Wildman–Crippen MR) is 92.7 cm³/mol. The molecule has 0 spiro atoms. The molecule has 5 nitrogen and oxygen atoms in total. The fraction of sp³-hybridized carbons (Fsp3) is 0.176. The van der Waals surface area contributed by atoms with E-state index in [9.17, 15) is 9.59 Å². The Bertz CT molecular complexity index is 699. The van der Waals surface area contributed by atoms with Gasteiger partial charge in [-0.15, -0.1) is 0 Å². The van der Waals surface area contributed by atoms with Crippen molar-refractivity contribution in [3.8, 4) is 5.75 Å². The average molecular weight is 377 g/mol. The minimum absolute atomic E-state index is 0.0182. The lowest BCUT2D eigenvalue weighted by Crippen LogP contribution is -2.27. The molecule has 23 heavy (non-hydrogen) atoms. The maximum absolute atomic E-state index is 12.2. The molecule has 0 saturated heterocycles. The maximum atomic E-state index is 12.2. The minimum Gasteiger partial charge on any atom is -0.484 e. The van der Waals surface area contributed by atoms with Crippen molar-refractivity contribution in [1.82, 2.24) is 4.90 Å². The van der Waals surface area contributed by atoms with Crippen LogP contribution in [0.4, 0.5) is 5.69 Å². The van der Waals surface area contributed by atoms with E-state index < -0.39 is 0 Å². The van der Waals surface area contributed by atoms with Crippen LogP contribution in [0, 0.1) is 0 Å². The van der Waals surface area contributed by atoms with Crippen LogP contribution in [-0.4, -0.2) is 37.4 Å². The number of carbonyl (C=O) groups excluding carboxylic acids is 2. The third-order valence-electron chi connectivity index (χ3n) is 3.09. The molecule has 0 heterocycles. The summed E-state index contributed by atoms with van der Waals surface area (Å²) in [6, 6.07) is 14.1. The topological polar surface area (TPSA) is 58.6 Å². The summed E-state index contributed by atoms with van der Waals surface area (Å²) in [6.07, 6.45) is 0. The van der Waals surface area contributed by atoms with Crippen molar-refractivity contribution in [2.75, 3.05) is 26.0 Å². The quantitative estimate of drug-likeness (QED) is 0.871. The number of benzene rings is 2. The van der Waals surface area contributed by atoms with Crippen molar-refractivity contribution < 1.29 is 14.3 Å². The second kappa shape index (κ2) is 7.78. The van der Waals surface area contributed by atoms with Gasteiger partial charge in [0.15, 0.2) is 6.61 Å². The second-order valence-electron chi connectivity index (χ2n) is 5.04. The maximum Gasteiger partial charge on any atom is 0.259 e. The van der Waals surface area contributed by atoms with Gasteiger partial charge in [-0.05, 0) is 52.3 Å². The molecule has 2 aromatic carbocycles. The van der Waals surface area contributed by atoms with Gasteiger partial charge in [0.1, 0.15) is 5.75 Å². The van der Waals surface area contributed by atoms with Crippen molar-refractivity contribution in [2.45, 2.75) is 0 Å². The predicted octanol–water partition coefficient (Wildman–Crippen LogP) is 3.17. The van der Waals surface area contributed by atoms with Gasteiger partial charge in [-0.2, -0.15) is 0 Å². The average Bonchev–Trinajstić information content (AvgIpc) is 2.54. The number of likely N-dealkylation sites (N-methyl/N-ethyl adjacent to an activating group) is 1. The van der Waals surface area contributed by atoms with Gasteiger partial charge in [0.2, 0.25) is 0 Å². The van der Waals surface area contributed by atoms with E-state index in [1.807, 2.05) is 12.1 Å². The molecule has 6 heteroatoms. The van der Waals surface area contributed by atoms with Gasteiger partial charge in [0.25, 0.3) is 11.8 Å². The van der Waals surface area contributed by atoms with Crippen LogP contribution in [0.25, 0.3) is 0 Å². The molecule has 0 unspecified atom stereocenters. The molecule has 0 aliphatic rings. The number of ether oxygens (including phenoxy) is 1. The fourth-order valence-electron chi connectivity index (χ4n) is 1.75. The van der Waals surface area contributed by atoms with Crippen molar-refractivity contribution >= 4 is 33.4 Å². The van der Waals surface area contributed by atoms with Crippen LogP contribution in [0.1, 0.15) is 10.4 Å². The van der Waals surface area contributed by atoms with Gasteiger partial charge in [-0.3, -0.25) is 9.59 Å². The highest BCUT2D eigenvalue weighted by Gasteiger charge is 2.10. The molecule has 0 aliphatic heterocycles. The summed E-state index contributed by atoms with van der Waals surface area (Å²) >= 11 is 3.35. The Morgan fingerprint density at radius 1 is 1.09 bits per heavy atom. The Morgan fingerprint density at radius 2 is 1.74 bits per heavy atom. The Morgan fingerprint density at radius 3 is 2.35 bits per heavy atom. The van der Waals surface area contributed by atoms with E-state index >= 15 is 0 Å². The monoisotopic (exact) mass is 376 g/mol. The van der Waals surface area contributed by atoms with Crippen molar-refractivity contribution in [2.24, 2.45) is 0 Å². The SMILES string of the molecule is CN(C)C(=O)COc1ccc(NC(=O)c2ccccc2Br)cc1. The summed E-state index contributed by atoms with van der Waals surface area (Å²) in [7, 11) is 3.35. The molecule has 0 radical (unpaired) electrons. The number of anilines is 1. The number of hydrogen-bond donors (Lipinski definition) is 1. The van der Waals surface area contributed by atoms with Gasteiger partial charge in [-0.1, -0.05) is 12.1 Å². The first-order chi connectivity index (χ1) is 11.0. The highest BCUT2D eigenvalue weighted by atomic mass is 79.9. The first-order valence-electron chi connectivity index (χ1n) is 6.96. The molecule has 0 aromatic heterocycles. The van der Waals surface area contributed by atoms with Gasteiger partial charge in [0, 0.05) is 24.3 Å². The lowest BCUT2D eigenvalue weighted by atomic mass is 10.2. The van der Waals surface area contributed by atoms with E-state index in [0.717, 1.165) is 4.47 Å². The molecule has 1 N–H and O–H groups in total. The molecule has 0 bridgehead atoms. The van der Waals surface area contributed by atoms with Crippen LogP contribution >= 0.6 is 15.9 Å². The van der Waals surface area contributed by atoms with Crippen LogP contribution in [0.3, 0.4) is 0 Å². The van der Waals surface area contributed by atoms with E-state index in [2.05, 4.69) is 21.2 Å². The Kier molecular flexibility index (Phi) is 5.76. The molecule has 0 atom stereocenters. The third kappa shape index (κ3) is 4.82. The summed E-state index contributed by atoms with van der Waals surface area (Å²) in [6.45, 7) is -0.0182. The largest absolute Gasteiger partial charge is 0.484 e. The van der Waals surface area contributed by atoms with Gasteiger partial charge >= 0.3 is 0 Å². The number of halogens is 1. The molecular formula is C17H17BrN2O3. The smallest absolute Gasteiger partial charge is 0.259 e. The number of hydrogen-bond acceptors (Lipinski definition) is 3. The standard InChI is InChI=1S/C17H17BrN2O3/c1-20(2)16(21)11-23-13-9-7-12(8-10-13)19-17(22)14-5-3-4-6-15(14)18/h3-10H,11H2,1-2H3,(H,19,22). The Hall–Kier alpha value is -2.34. The van der Waals surface area contributed by atoms with Crippen LogP contribution in [0.15, 0.2) is 53.0 Å². The van der Waals surface area contributed by atoms with Gasteiger partial charge in [0.05, 0.1) is 5.56 Å². The number of rotatable bonds is 5. The highest BCUT2D eigenvalue weighted by molar-refractivity contribution is 9.10. The van der Waals surface area contributed by atoms with E-state index in [4.69, 9.17) is 4.74 Å². The highest BCUT2D eigenvalue weighted by Crippen LogP contribution is 2.19. The normalized spacial score (nSPS) is 10.0. The van der Waals surface area contributed by atoms with Crippen molar-refractivity contribution in [3.05, 3.63) is 58.6 Å². The van der Waals surface area contributed by atoms with Crippen LogP contribution < -0.4 is 10.1 Å². The van der Waals surface area contributed by atoms with Crippen molar-refractivity contribution in [3.63, 3.8) is 0 Å². The first kappa shape index (κ1) is 17.0. The molecule has 0 saturated carbocycles. The minimum atomic E-state index is -0.200. The zero-order valence-electron chi connectivity index (χ0n) is 12.9. The first-order valence-corrected chi connectivity index (χ1v) is 7.75. The Labute approximate surface area is 143 Å². The number of nitrogens with one attached hydrogen (secondary N) is 1. The zero-order chi connectivity index (χ0) is 16.8. The lowest BCUT2D eigenvalue weighted by molar-refractivity contribution is -0.130. The van der Waals surface area contributed by atoms with Gasteiger partial charge < -0.3 is 15.0 Å². The molecule has 0 aliphatic carbocycles. The molecule has 2 aromatic rings. The third-order valence-corrected chi connectivity index (χ3v) is 3.78. The summed E-state index contributed by atoms with van der Waals surface area (Å²) < 4.78 is 6.12. The van der Waals surface area contributed by atoms with E-state index in [1.165, 1.54) is 4.90 Å². The molecule has 0 fully saturated rings. The Balaban J connectivity index is 1.96. The summed E-state index contributed by atoms with van der Waals surface area (Å²) in [4.78, 5) is 25.1. The fourth-order valence-corrected chi connectivity index (χ4v) is 2.22. The van der Waals surface area contributed by atoms with E-state index in [-0.39, 0.29) is 18.4 Å². The zero-order valence-corrected chi connectivity index (χ0v) is 14.5. The van der Waals surface area contributed by atoms with E-state index in [0.29, 0.717) is 17.0 Å². The second-order valence-corrected chi connectivity index (χ2v) is 5.89.